The lowest BCUT2D eigenvalue weighted by Crippen LogP contribution is -1.84. The normalized spacial score (nSPS) is 11.5. The predicted molar refractivity (Wildman–Crippen MR) is 61.9 cm³/mol. The van der Waals surface area contributed by atoms with E-state index in [4.69, 9.17) is 0 Å². The van der Waals surface area contributed by atoms with E-state index >= 15 is 0 Å². The molecule has 0 spiro atoms. The number of nitrogens with zero attached hydrogens (tertiary/aromatic N) is 2. The maximum absolute atomic E-state index is 12.5. The average molecular weight is 213 g/mol. The summed E-state index contributed by atoms with van der Waals surface area (Å²) >= 11 is 0. The summed E-state index contributed by atoms with van der Waals surface area (Å²) < 4.78 is 12.5. The van der Waals surface area contributed by atoms with E-state index in [2.05, 4.69) is 16.9 Å². The highest BCUT2D eigenvalue weighted by molar-refractivity contribution is 5.62. The third kappa shape index (κ3) is 2.51. The van der Waals surface area contributed by atoms with Crippen LogP contribution in [-0.2, 0) is 0 Å². The molecule has 16 heavy (non-hydrogen) atoms. The molecule has 2 aromatic rings. The number of hydrogen-bond donors (Lipinski definition) is 0. The number of aromatic nitrogens is 2. The lowest BCUT2D eigenvalue weighted by Gasteiger charge is -2.00. The first kappa shape index (κ1) is 10.5. The molecule has 79 valence electrons. The Bertz CT molecular complexity index is 485. The van der Waals surface area contributed by atoms with Crippen molar-refractivity contribution < 1.29 is 4.39 Å². The Labute approximate surface area is 93.5 Å². The van der Waals surface area contributed by atoms with Crippen molar-refractivity contribution in [2.24, 2.45) is 0 Å². The molecule has 1 radical (unpaired) electrons. The van der Waals surface area contributed by atoms with E-state index in [9.17, 15) is 4.39 Å². The Morgan fingerprint density at radius 3 is 2.50 bits per heavy atom. The summed E-state index contributed by atoms with van der Waals surface area (Å²) in [4.78, 5) is 8.16. The zero-order valence-corrected chi connectivity index (χ0v) is 8.60. The van der Waals surface area contributed by atoms with Crippen LogP contribution in [0.4, 0.5) is 4.39 Å². The quantitative estimate of drug-likeness (QED) is 0.765. The number of rotatable bonds is 2. The largest absolute Gasteiger partial charge is 0.261 e. The summed E-state index contributed by atoms with van der Waals surface area (Å²) in [5, 5.41) is 0. The van der Waals surface area contributed by atoms with Crippen LogP contribution in [0, 0.1) is 6.92 Å². The fraction of sp³-hybridized carbons (Fsp3) is 0. The maximum Gasteiger partial charge on any atom is 0.101 e. The zero-order valence-electron chi connectivity index (χ0n) is 8.60. The predicted octanol–water partition coefficient (Wildman–Crippen LogP) is 3.29. The van der Waals surface area contributed by atoms with Crippen molar-refractivity contribution in [3.05, 3.63) is 61.2 Å². The monoisotopic (exact) mass is 213 g/mol. The number of benzene rings is 1. The molecule has 2 rings (SSSR count). The van der Waals surface area contributed by atoms with Gasteiger partial charge in [-0.3, -0.25) is 9.97 Å². The SMILES string of the molecule is [CH2]/C(F)=C\c1ccc(-c2cnccn2)cc1. The third-order valence-corrected chi connectivity index (χ3v) is 2.09. The third-order valence-electron chi connectivity index (χ3n) is 2.09. The number of allylic oxidation sites excluding steroid dienone is 1. The first-order valence-corrected chi connectivity index (χ1v) is 4.81. The molecule has 0 atom stereocenters. The van der Waals surface area contributed by atoms with E-state index in [1.807, 2.05) is 24.3 Å². The van der Waals surface area contributed by atoms with Crippen LogP contribution in [0.2, 0.25) is 0 Å². The van der Waals surface area contributed by atoms with Crippen LogP contribution in [0.5, 0.6) is 0 Å². The van der Waals surface area contributed by atoms with Crippen LogP contribution in [0.3, 0.4) is 0 Å². The van der Waals surface area contributed by atoms with Gasteiger partial charge in [0, 0.05) is 24.9 Å². The molecular formula is C13H10FN2. The second-order valence-corrected chi connectivity index (χ2v) is 3.30. The van der Waals surface area contributed by atoms with Crippen molar-refractivity contribution in [2.75, 3.05) is 0 Å². The van der Waals surface area contributed by atoms with E-state index in [0.717, 1.165) is 16.8 Å². The van der Waals surface area contributed by atoms with Gasteiger partial charge < -0.3 is 0 Å². The molecule has 2 nitrogen and oxygen atoms in total. The van der Waals surface area contributed by atoms with Gasteiger partial charge in [-0.1, -0.05) is 24.3 Å². The molecule has 0 aliphatic rings. The fourth-order valence-electron chi connectivity index (χ4n) is 1.38. The Kier molecular flexibility index (Phi) is 3.05. The summed E-state index contributed by atoms with van der Waals surface area (Å²) in [7, 11) is 0. The van der Waals surface area contributed by atoms with Crippen molar-refractivity contribution >= 4 is 6.08 Å². The zero-order chi connectivity index (χ0) is 11.4. The molecular weight excluding hydrogens is 203 g/mol. The fourth-order valence-corrected chi connectivity index (χ4v) is 1.38. The molecule has 0 aliphatic heterocycles. The second kappa shape index (κ2) is 4.66. The van der Waals surface area contributed by atoms with Gasteiger partial charge in [0.15, 0.2) is 0 Å². The van der Waals surface area contributed by atoms with Gasteiger partial charge in [-0.25, -0.2) is 4.39 Å². The highest BCUT2D eigenvalue weighted by Gasteiger charge is 1.98. The Morgan fingerprint density at radius 2 is 1.94 bits per heavy atom. The van der Waals surface area contributed by atoms with Gasteiger partial charge in [0.2, 0.25) is 0 Å². The Balaban J connectivity index is 2.30. The van der Waals surface area contributed by atoms with Crippen molar-refractivity contribution in [1.29, 1.82) is 0 Å². The molecule has 0 unspecified atom stereocenters. The molecule has 0 saturated carbocycles. The Morgan fingerprint density at radius 1 is 1.19 bits per heavy atom. The minimum absolute atomic E-state index is 0.452. The van der Waals surface area contributed by atoms with Gasteiger partial charge >= 0.3 is 0 Å². The molecule has 0 bridgehead atoms. The van der Waals surface area contributed by atoms with Crippen molar-refractivity contribution in [3.8, 4) is 11.3 Å². The van der Waals surface area contributed by atoms with Crippen LogP contribution in [0.1, 0.15) is 5.56 Å². The van der Waals surface area contributed by atoms with Crippen LogP contribution >= 0.6 is 0 Å². The molecule has 3 heteroatoms. The molecule has 0 aliphatic carbocycles. The van der Waals surface area contributed by atoms with Crippen molar-refractivity contribution in [1.82, 2.24) is 9.97 Å². The van der Waals surface area contributed by atoms with Gasteiger partial charge in [0.1, 0.15) is 5.83 Å². The van der Waals surface area contributed by atoms with Gasteiger partial charge in [-0.2, -0.15) is 0 Å². The second-order valence-electron chi connectivity index (χ2n) is 3.30. The van der Waals surface area contributed by atoms with Crippen LogP contribution in [0.15, 0.2) is 48.7 Å². The smallest absolute Gasteiger partial charge is 0.101 e. The van der Waals surface area contributed by atoms with Crippen LogP contribution in [0.25, 0.3) is 17.3 Å². The Hall–Kier alpha value is -2.03. The lowest BCUT2D eigenvalue weighted by molar-refractivity contribution is 0.673. The van der Waals surface area contributed by atoms with E-state index in [-0.39, 0.29) is 0 Å². The topological polar surface area (TPSA) is 25.8 Å². The van der Waals surface area contributed by atoms with Crippen molar-refractivity contribution in [3.63, 3.8) is 0 Å². The molecule has 0 saturated heterocycles. The first-order valence-electron chi connectivity index (χ1n) is 4.81. The minimum atomic E-state index is -0.452. The molecule has 0 N–H and O–H groups in total. The molecule has 0 amide bonds. The van der Waals surface area contributed by atoms with Crippen LogP contribution in [-0.4, -0.2) is 9.97 Å². The molecule has 1 aromatic carbocycles. The molecule has 1 heterocycles. The van der Waals surface area contributed by atoms with E-state index < -0.39 is 5.83 Å². The van der Waals surface area contributed by atoms with E-state index in [0.29, 0.717) is 0 Å². The van der Waals surface area contributed by atoms with Gasteiger partial charge in [-0.05, 0) is 11.6 Å². The minimum Gasteiger partial charge on any atom is -0.261 e. The van der Waals surface area contributed by atoms with Crippen molar-refractivity contribution in [2.45, 2.75) is 0 Å². The van der Waals surface area contributed by atoms with Crippen LogP contribution < -0.4 is 0 Å². The summed E-state index contributed by atoms with van der Waals surface area (Å²) in [6.45, 7) is 3.19. The number of hydrogen-bond acceptors (Lipinski definition) is 2. The van der Waals surface area contributed by atoms with E-state index in [1.165, 1.54) is 6.08 Å². The highest BCUT2D eigenvalue weighted by Crippen LogP contribution is 2.17. The van der Waals surface area contributed by atoms with Gasteiger partial charge in [0.25, 0.3) is 0 Å². The lowest BCUT2D eigenvalue weighted by atomic mass is 10.1. The summed E-state index contributed by atoms with van der Waals surface area (Å²) in [6, 6.07) is 7.38. The van der Waals surface area contributed by atoms with Gasteiger partial charge in [0.05, 0.1) is 11.9 Å². The van der Waals surface area contributed by atoms with Gasteiger partial charge in [-0.15, -0.1) is 0 Å². The standard InChI is InChI=1S/C13H10FN2/c1-10(14)8-11-2-4-12(5-3-11)13-9-15-6-7-16-13/h2-9H,1H2/b10-8+. The number of halogens is 1. The first-order chi connectivity index (χ1) is 7.75. The summed E-state index contributed by atoms with van der Waals surface area (Å²) in [5.41, 5.74) is 2.53. The highest BCUT2D eigenvalue weighted by atomic mass is 19.1. The van der Waals surface area contributed by atoms with E-state index in [1.54, 1.807) is 18.6 Å². The summed E-state index contributed by atoms with van der Waals surface area (Å²) in [5.74, 6) is -0.452. The molecule has 1 aromatic heterocycles. The average Bonchev–Trinajstić information content (AvgIpc) is 2.30. The maximum atomic E-state index is 12.5. The summed E-state index contributed by atoms with van der Waals surface area (Å²) in [6.07, 6.45) is 6.32. The molecule has 0 fully saturated rings.